The van der Waals surface area contributed by atoms with Crippen LogP contribution in [0.1, 0.15) is 53.4 Å². The van der Waals surface area contributed by atoms with Gasteiger partial charge in [0.15, 0.2) is 0 Å². The lowest BCUT2D eigenvalue weighted by atomic mass is 9.85. The SMILES string of the molecule is CCC1C(CCN)CCCN1C(=O)OC(C)(C)C. The molecule has 0 aliphatic carbocycles. The van der Waals surface area contributed by atoms with Crippen molar-refractivity contribution >= 4 is 6.09 Å². The summed E-state index contributed by atoms with van der Waals surface area (Å²) in [6.45, 7) is 9.38. The molecule has 106 valence electrons. The van der Waals surface area contributed by atoms with Gasteiger partial charge in [0.25, 0.3) is 0 Å². The number of hydrogen-bond acceptors (Lipinski definition) is 3. The van der Waals surface area contributed by atoms with Gasteiger partial charge in [0.05, 0.1) is 0 Å². The van der Waals surface area contributed by atoms with Crippen molar-refractivity contribution in [1.29, 1.82) is 0 Å². The quantitative estimate of drug-likeness (QED) is 0.844. The van der Waals surface area contributed by atoms with E-state index in [1.165, 1.54) is 6.42 Å². The van der Waals surface area contributed by atoms with Crippen LogP contribution in [-0.4, -0.2) is 35.7 Å². The van der Waals surface area contributed by atoms with Crippen LogP contribution in [0.25, 0.3) is 0 Å². The molecule has 0 aromatic heterocycles. The third kappa shape index (κ3) is 4.16. The molecule has 0 aromatic carbocycles. The molecule has 1 amide bonds. The minimum Gasteiger partial charge on any atom is -0.444 e. The summed E-state index contributed by atoms with van der Waals surface area (Å²) in [7, 11) is 0. The number of carbonyl (C=O) groups is 1. The predicted octanol–water partition coefficient (Wildman–Crippen LogP) is 2.76. The average molecular weight is 256 g/mol. The molecule has 2 N–H and O–H groups in total. The molecule has 1 aliphatic heterocycles. The highest BCUT2D eigenvalue weighted by molar-refractivity contribution is 5.68. The lowest BCUT2D eigenvalue weighted by molar-refractivity contribution is -0.00130. The Hall–Kier alpha value is -0.770. The van der Waals surface area contributed by atoms with Crippen LogP contribution in [0.4, 0.5) is 4.79 Å². The normalized spacial score (nSPS) is 25.1. The molecule has 0 spiro atoms. The number of likely N-dealkylation sites (tertiary alicyclic amines) is 1. The van der Waals surface area contributed by atoms with Gasteiger partial charge in [0, 0.05) is 12.6 Å². The van der Waals surface area contributed by atoms with Crippen molar-refractivity contribution in [1.82, 2.24) is 4.90 Å². The number of nitrogens with two attached hydrogens (primary N) is 1. The molecule has 1 fully saturated rings. The van der Waals surface area contributed by atoms with Crippen LogP contribution in [-0.2, 0) is 4.74 Å². The smallest absolute Gasteiger partial charge is 0.410 e. The number of hydrogen-bond donors (Lipinski definition) is 1. The molecule has 2 atom stereocenters. The van der Waals surface area contributed by atoms with Gasteiger partial charge < -0.3 is 15.4 Å². The van der Waals surface area contributed by atoms with Gasteiger partial charge in [-0.3, -0.25) is 0 Å². The van der Waals surface area contributed by atoms with E-state index in [-0.39, 0.29) is 12.1 Å². The highest BCUT2D eigenvalue weighted by Gasteiger charge is 2.34. The van der Waals surface area contributed by atoms with Gasteiger partial charge in [0.1, 0.15) is 5.60 Å². The van der Waals surface area contributed by atoms with Crippen molar-refractivity contribution in [3.63, 3.8) is 0 Å². The van der Waals surface area contributed by atoms with E-state index in [2.05, 4.69) is 6.92 Å². The molecule has 4 heteroatoms. The number of piperidine rings is 1. The first kappa shape index (κ1) is 15.3. The van der Waals surface area contributed by atoms with E-state index in [1.807, 2.05) is 25.7 Å². The number of amides is 1. The van der Waals surface area contributed by atoms with Crippen molar-refractivity contribution in [3.05, 3.63) is 0 Å². The van der Waals surface area contributed by atoms with E-state index in [1.54, 1.807) is 0 Å². The molecule has 0 aromatic rings. The molecule has 0 radical (unpaired) electrons. The van der Waals surface area contributed by atoms with Crippen molar-refractivity contribution in [2.24, 2.45) is 11.7 Å². The highest BCUT2D eigenvalue weighted by Crippen LogP contribution is 2.29. The summed E-state index contributed by atoms with van der Waals surface area (Å²) in [4.78, 5) is 14.1. The van der Waals surface area contributed by atoms with Gasteiger partial charge in [-0.2, -0.15) is 0 Å². The van der Waals surface area contributed by atoms with Crippen LogP contribution in [0.5, 0.6) is 0 Å². The molecule has 0 bridgehead atoms. The van der Waals surface area contributed by atoms with E-state index in [0.717, 1.165) is 25.8 Å². The molecular weight excluding hydrogens is 228 g/mol. The summed E-state index contributed by atoms with van der Waals surface area (Å²) < 4.78 is 5.49. The van der Waals surface area contributed by atoms with Crippen molar-refractivity contribution < 1.29 is 9.53 Å². The monoisotopic (exact) mass is 256 g/mol. The van der Waals surface area contributed by atoms with Crippen LogP contribution in [0.3, 0.4) is 0 Å². The molecule has 1 heterocycles. The first-order valence-electron chi connectivity index (χ1n) is 7.08. The zero-order valence-corrected chi connectivity index (χ0v) is 12.2. The van der Waals surface area contributed by atoms with Crippen molar-refractivity contribution in [3.8, 4) is 0 Å². The first-order chi connectivity index (χ1) is 8.39. The standard InChI is InChI=1S/C14H28N2O2/c1-5-12-11(8-9-15)7-6-10-16(12)13(17)18-14(2,3)4/h11-12H,5-10,15H2,1-4H3. The number of nitrogens with zero attached hydrogens (tertiary/aromatic N) is 1. The lowest BCUT2D eigenvalue weighted by Gasteiger charge is -2.41. The average Bonchev–Trinajstić information content (AvgIpc) is 2.27. The van der Waals surface area contributed by atoms with E-state index in [9.17, 15) is 4.79 Å². The summed E-state index contributed by atoms with van der Waals surface area (Å²) in [5, 5.41) is 0. The highest BCUT2D eigenvalue weighted by atomic mass is 16.6. The summed E-state index contributed by atoms with van der Waals surface area (Å²) in [5.74, 6) is 0.529. The zero-order chi connectivity index (χ0) is 13.8. The van der Waals surface area contributed by atoms with Gasteiger partial charge in [-0.05, 0) is 58.9 Å². The van der Waals surface area contributed by atoms with E-state index >= 15 is 0 Å². The molecular formula is C14H28N2O2. The van der Waals surface area contributed by atoms with E-state index in [4.69, 9.17) is 10.5 Å². The number of ether oxygens (including phenoxy) is 1. The lowest BCUT2D eigenvalue weighted by Crippen LogP contribution is -2.50. The Morgan fingerprint density at radius 1 is 1.44 bits per heavy atom. The molecule has 1 saturated heterocycles. The number of carbonyl (C=O) groups excluding carboxylic acids is 1. The Balaban J connectivity index is 2.70. The summed E-state index contributed by atoms with van der Waals surface area (Å²) in [5.41, 5.74) is 5.24. The Bertz CT molecular complexity index is 271. The topological polar surface area (TPSA) is 55.6 Å². The Morgan fingerprint density at radius 2 is 2.11 bits per heavy atom. The fraction of sp³-hybridized carbons (Fsp3) is 0.929. The van der Waals surface area contributed by atoms with Gasteiger partial charge >= 0.3 is 6.09 Å². The largest absolute Gasteiger partial charge is 0.444 e. The van der Waals surface area contributed by atoms with Crippen molar-refractivity contribution in [2.75, 3.05) is 13.1 Å². The summed E-state index contributed by atoms with van der Waals surface area (Å²) in [6.07, 6.45) is 4.04. The van der Waals surface area contributed by atoms with Crippen molar-refractivity contribution in [2.45, 2.75) is 65.0 Å². The molecule has 1 rings (SSSR count). The minimum absolute atomic E-state index is 0.170. The Labute approximate surface area is 111 Å². The second-order valence-corrected chi connectivity index (χ2v) is 6.13. The Kier molecular flexibility index (Phi) is 5.45. The van der Waals surface area contributed by atoms with Crippen LogP contribution in [0.15, 0.2) is 0 Å². The fourth-order valence-electron chi connectivity index (χ4n) is 2.79. The fourth-order valence-corrected chi connectivity index (χ4v) is 2.79. The molecule has 4 nitrogen and oxygen atoms in total. The van der Waals surface area contributed by atoms with Gasteiger partial charge in [-0.15, -0.1) is 0 Å². The summed E-state index contributed by atoms with van der Waals surface area (Å²) in [6, 6.07) is 0.289. The van der Waals surface area contributed by atoms with E-state index in [0.29, 0.717) is 12.5 Å². The van der Waals surface area contributed by atoms with E-state index < -0.39 is 5.60 Å². The summed E-state index contributed by atoms with van der Waals surface area (Å²) >= 11 is 0. The van der Waals surface area contributed by atoms with Crippen LogP contribution >= 0.6 is 0 Å². The Morgan fingerprint density at radius 3 is 2.61 bits per heavy atom. The second-order valence-electron chi connectivity index (χ2n) is 6.13. The molecule has 18 heavy (non-hydrogen) atoms. The third-order valence-corrected chi connectivity index (χ3v) is 3.50. The molecule has 2 unspecified atom stereocenters. The van der Waals surface area contributed by atoms with Gasteiger partial charge in [0.2, 0.25) is 0 Å². The molecule has 1 aliphatic rings. The van der Waals surface area contributed by atoms with Crippen LogP contribution in [0, 0.1) is 5.92 Å². The van der Waals surface area contributed by atoms with Gasteiger partial charge in [-0.1, -0.05) is 6.92 Å². The van der Waals surface area contributed by atoms with Crippen LogP contribution < -0.4 is 5.73 Å². The number of rotatable bonds is 3. The first-order valence-corrected chi connectivity index (χ1v) is 7.08. The maximum absolute atomic E-state index is 12.2. The van der Waals surface area contributed by atoms with Crippen LogP contribution in [0.2, 0.25) is 0 Å². The molecule has 0 saturated carbocycles. The van der Waals surface area contributed by atoms with Gasteiger partial charge in [-0.25, -0.2) is 4.79 Å². The minimum atomic E-state index is -0.420. The predicted molar refractivity (Wildman–Crippen MR) is 73.4 cm³/mol. The maximum atomic E-state index is 12.2. The third-order valence-electron chi connectivity index (χ3n) is 3.50. The second kappa shape index (κ2) is 6.41. The zero-order valence-electron chi connectivity index (χ0n) is 12.2. The maximum Gasteiger partial charge on any atom is 0.410 e.